The lowest BCUT2D eigenvalue weighted by molar-refractivity contribution is -0.139. The summed E-state index contributed by atoms with van der Waals surface area (Å²) in [5.74, 6) is -0.840. The van der Waals surface area contributed by atoms with Gasteiger partial charge in [-0.3, -0.25) is 13.9 Å². The van der Waals surface area contributed by atoms with Crippen LogP contribution in [-0.2, 0) is 26.2 Å². The van der Waals surface area contributed by atoms with Gasteiger partial charge < -0.3 is 19.7 Å². The van der Waals surface area contributed by atoms with E-state index in [-0.39, 0.29) is 41.4 Å². The lowest BCUT2D eigenvalue weighted by Gasteiger charge is -2.33. The molecule has 3 aromatic carbocycles. The fourth-order valence-electron chi connectivity index (χ4n) is 5.43. The van der Waals surface area contributed by atoms with Crippen molar-refractivity contribution >= 4 is 39.1 Å². The zero-order chi connectivity index (χ0) is 31.3. The molecule has 0 aromatic heterocycles. The molecule has 0 spiro atoms. The number of halogens is 2. The van der Waals surface area contributed by atoms with Crippen LogP contribution < -0.4 is 19.1 Å². The van der Waals surface area contributed by atoms with Crippen LogP contribution in [0, 0.1) is 5.82 Å². The zero-order valence-corrected chi connectivity index (χ0v) is 26.0. The van der Waals surface area contributed by atoms with Crippen LogP contribution in [0.15, 0.2) is 71.6 Å². The summed E-state index contributed by atoms with van der Waals surface area (Å²) < 4.78 is 54.1. The summed E-state index contributed by atoms with van der Waals surface area (Å²) in [6.45, 7) is 1.59. The van der Waals surface area contributed by atoms with Crippen molar-refractivity contribution in [2.24, 2.45) is 0 Å². The van der Waals surface area contributed by atoms with Gasteiger partial charge in [0.25, 0.3) is 10.0 Å². The van der Waals surface area contributed by atoms with Gasteiger partial charge >= 0.3 is 0 Å². The van der Waals surface area contributed by atoms with E-state index >= 15 is 0 Å². The maximum absolute atomic E-state index is 14.1. The van der Waals surface area contributed by atoms with Crippen molar-refractivity contribution in [1.29, 1.82) is 0 Å². The quantitative estimate of drug-likeness (QED) is 0.321. The number of benzene rings is 3. The Bertz CT molecular complexity index is 1600. The van der Waals surface area contributed by atoms with Crippen molar-refractivity contribution in [2.75, 3.05) is 24.1 Å². The number of ether oxygens (including phenoxy) is 2. The molecule has 44 heavy (non-hydrogen) atoms. The maximum atomic E-state index is 14.1. The number of rotatable bonds is 10. The predicted molar refractivity (Wildman–Crippen MR) is 165 cm³/mol. The number of hydrogen-bond donors (Lipinski definition) is 1. The molecule has 9 nitrogen and oxygen atoms in total. The number of nitrogens with one attached hydrogen (secondary N) is 1. The van der Waals surface area contributed by atoms with Crippen LogP contribution in [0.4, 0.5) is 10.1 Å². The molecule has 12 heteroatoms. The molecule has 0 bridgehead atoms. The monoisotopic (exact) mass is 643 g/mol. The van der Waals surface area contributed by atoms with Gasteiger partial charge in [-0.15, -0.1) is 0 Å². The zero-order valence-electron chi connectivity index (χ0n) is 24.4. The number of sulfonamides is 1. The van der Waals surface area contributed by atoms with Crippen LogP contribution in [0.25, 0.3) is 0 Å². The first-order valence-electron chi connectivity index (χ1n) is 14.6. The molecule has 0 radical (unpaired) electrons. The molecule has 1 N–H and O–H groups in total. The van der Waals surface area contributed by atoms with E-state index in [1.807, 2.05) is 0 Å². The summed E-state index contributed by atoms with van der Waals surface area (Å²) >= 11 is 6.21. The number of anilines is 1. The molecule has 1 aliphatic heterocycles. The van der Waals surface area contributed by atoms with E-state index in [9.17, 15) is 22.4 Å². The second-order valence-corrected chi connectivity index (χ2v) is 13.3. The minimum atomic E-state index is -4.37. The summed E-state index contributed by atoms with van der Waals surface area (Å²) in [5.41, 5.74) is 0.753. The predicted octanol–water partition coefficient (Wildman–Crippen LogP) is 5.31. The third-order valence-electron chi connectivity index (χ3n) is 7.86. The van der Waals surface area contributed by atoms with E-state index in [2.05, 4.69) is 5.32 Å². The molecule has 0 saturated heterocycles. The minimum Gasteiger partial charge on any atom is -0.486 e. The second kappa shape index (κ2) is 13.9. The summed E-state index contributed by atoms with van der Waals surface area (Å²) in [7, 11) is -4.37. The van der Waals surface area contributed by atoms with Crippen LogP contribution in [-0.4, -0.2) is 57.0 Å². The molecule has 3 aromatic rings. The molecule has 5 rings (SSSR count). The topological polar surface area (TPSA) is 105 Å². The molecule has 1 atom stereocenters. The van der Waals surface area contributed by atoms with Crippen LogP contribution in [0.3, 0.4) is 0 Å². The fourth-order valence-corrected chi connectivity index (χ4v) is 7.07. The second-order valence-electron chi connectivity index (χ2n) is 11.0. The SMILES string of the molecule is CC(C(=O)NC1CCCCC1)N(Cc1cccc(Cl)c1)C(=O)CN(c1ccc(F)cc1)S(=O)(=O)c1ccc2c(c1)OCCO2. The van der Waals surface area contributed by atoms with E-state index in [0.29, 0.717) is 22.9 Å². The van der Waals surface area contributed by atoms with Gasteiger partial charge in [-0.1, -0.05) is 43.0 Å². The van der Waals surface area contributed by atoms with Gasteiger partial charge in [-0.2, -0.15) is 0 Å². The average Bonchev–Trinajstić information content (AvgIpc) is 3.02. The number of carbonyl (C=O) groups excluding carboxylic acids is 2. The Morgan fingerprint density at radius 3 is 2.39 bits per heavy atom. The largest absolute Gasteiger partial charge is 0.486 e. The van der Waals surface area contributed by atoms with Crippen LogP contribution in [0.1, 0.15) is 44.6 Å². The van der Waals surface area contributed by atoms with Crippen molar-refractivity contribution in [2.45, 2.75) is 62.6 Å². The fraction of sp³-hybridized carbons (Fsp3) is 0.375. The van der Waals surface area contributed by atoms with Gasteiger partial charge in [-0.05, 0) is 73.9 Å². The highest BCUT2D eigenvalue weighted by Crippen LogP contribution is 2.34. The first kappa shape index (κ1) is 31.6. The van der Waals surface area contributed by atoms with E-state index in [4.69, 9.17) is 21.1 Å². The first-order valence-corrected chi connectivity index (χ1v) is 16.5. The Hall–Kier alpha value is -3.83. The standard InChI is InChI=1S/C32H35ClFN3O6S/c1-22(32(39)35-26-8-3-2-4-9-26)36(20-23-6-5-7-24(33)18-23)31(38)21-37(27-12-10-25(34)11-13-27)44(40,41)28-14-15-29-30(19-28)43-17-16-42-29/h5-7,10-15,18-19,22,26H,2-4,8-9,16-17,20-21H2,1H3,(H,35,39). The normalized spacial score (nSPS) is 15.7. The third kappa shape index (κ3) is 7.44. The summed E-state index contributed by atoms with van der Waals surface area (Å²) in [6.07, 6.45) is 4.90. The minimum absolute atomic E-state index is 0.0139. The molecule has 1 heterocycles. The van der Waals surface area contributed by atoms with E-state index in [1.54, 1.807) is 31.2 Å². The van der Waals surface area contributed by atoms with Crippen molar-refractivity contribution < 1.29 is 31.9 Å². The summed E-state index contributed by atoms with van der Waals surface area (Å²) in [5, 5.41) is 3.53. The Kier molecular flexibility index (Phi) is 9.95. The van der Waals surface area contributed by atoms with Gasteiger partial charge in [0, 0.05) is 23.7 Å². The number of amides is 2. The highest BCUT2D eigenvalue weighted by atomic mass is 35.5. The molecule has 234 valence electrons. The van der Waals surface area contributed by atoms with Crippen LogP contribution >= 0.6 is 11.6 Å². The molecule has 2 aliphatic rings. The van der Waals surface area contributed by atoms with Crippen molar-refractivity contribution in [3.63, 3.8) is 0 Å². The summed E-state index contributed by atoms with van der Waals surface area (Å²) in [4.78, 5) is 28.8. The Morgan fingerprint density at radius 1 is 0.977 bits per heavy atom. The molecule has 1 fully saturated rings. The van der Waals surface area contributed by atoms with Gasteiger partial charge in [0.2, 0.25) is 11.8 Å². The van der Waals surface area contributed by atoms with E-state index in [0.717, 1.165) is 48.5 Å². The van der Waals surface area contributed by atoms with Crippen molar-refractivity contribution in [3.05, 3.63) is 83.1 Å². The number of carbonyl (C=O) groups is 2. The van der Waals surface area contributed by atoms with Crippen molar-refractivity contribution in [1.82, 2.24) is 10.2 Å². The molecule has 1 aliphatic carbocycles. The third-order valence-corrected chi connectivity index (χ3v) is 9.86. The molecule has 2 amide bonds. The molecular weight excluding hydrogens is 609 g/mol. The van der Waals surface area contributed by atoms with Gasteiger partial charge in [-0.25, -0.2) is 12.8 Å². The lowest BCUT2D eigenvalue weighted by Crippen LogP contribution is -2.53. The molecule has 1 unspecified atom stereocenters. The van der Waals surface area contributed by atoms with Crippen LogP contribution in [0.2, 0.25) is 5.02 Å². The van der Waals surface area contributed by atoms with Gasteiger partial charge in [0.1, 0.15) is 31.6 Å². The smallest absolute Gasteiger partial charge is 0.264 e. The first-order chi connectivity index (χ1) is 21.1. The highest BCUT2D eigenvalue weighted by molar-refractivity contribution is 7.92. The number of fused-ring (bicyclic) bond motifs is 1. The highest BCUT2D eigenvalue weighted by Gasteiger charge is 2.34. The van der Waals surface area contributed by atoms with Crippen LogP contribution in [0.5, 0.6) is 11.5 Å². The van der Waals surface area contributed by atoms with E-state index < -0.39 is 34.3 Å². The van der Waals surface area contributed by atoms with Gasteiger partial charge in [0.05, 0.1) is 10.6 Å². The van der Waals surface area contributed by atoms with Crippen molar-refractivity contribution in [3.8, 4) is 11.5 Å². The maximum Gasteiger partial charge on any atom is 0.264 e. The number of nitrogens with zero attached hydrogens (tertiary/aromatic N) is 2. The van der Waals surface area contributed by atoms with Gasteiger partial charge in [0.15, 0.2) is 11.5 Å². The molecular formula is C32H35ClFN3O6S. The lowest BCUT2D eigenvalue weighted by atomic mass is 9.95. The van der Waals surface area contributed by atoms with E-state index in [1.165, 1.54) is 35.2 Å². The Morgan fingerprint density at radius 2 is 1.68 bits per heavy atom. The number of hydrogen-bond acceptors (Lipinski definition) is 6. The molecule has 1 saturated carbocycles. The average molecular weight is 644 g/mol. The Labute approximate surface area is 261 Å². The summed E-state index contributed by atoms with van der Waals surface area (Å²) in [6, 6.07) is 15.0. The Balaban J connectivity index is 1.47.